The van der Waals surface area contributed by atoms with Crippen molar-refractivity contribution in [3.63, 3.8) is 0 Å². The van der Waals surface area contributed by atoms with Gasteiger partial charge in [0.05, 0.1) is 18.4 Å². The molecule has 9 heteroatoms. The lowest BCUT2D eigenvalue weighted by Gasteiger charge is -2.14. The van der Waals surface area contributed by atoms with Crippen molar-refractivity contribution in [3.8, 4) is 0 Å². The monoisotopic (exact) mass is 426 g/mol. The second-order valence-electron chi connectivity index (χ2n) is 6.86. The Bertz CT molecular complexity index is 815. The zero-order valence-corrected chi connectivity index (χ0v) is 17.0. The zero-order valence-electron chi connectivity index (χ0n) is 14.7. The van der Waals surface area contributed by atoms with Crippen LogP contribution in [0.1, 0.15) is 37.4 Å². The largest absolute Gasteiger partial charge is 0.376 e. The summed E-state index contributed by atoms with van der Waals surface area (Å²) in [7, 11) is 0. The number of carbonyl (C=O) groups is 1. The molecule has 2 heterocycles. The first-order chi connectivity index (χ1) is 13.1. The third kappa shape index (κ3) is 4.96. The van der Waals surface area contributed by atoms with Crippen LogP contribution in [0.3, 0.4) is 0 Å². The van der Waals surface area contributed by atoms with Crippen LogP contribution in [0.5, 0.6) is 0 Å². The van der Waals surface area contributed by atoms with E-state index in [4.69, 9.17) is 27.9 Å². The van der Waals surface area contributed by atoms with Gasteiger partial charge in [-0.2, -0.15) is 0 Å². The molecule has 1 unspecified atom stereocenters. The van der Waals surface area contributed by atoms with Gasteiger partial charge in [0.15, 0.2) is 5.16 Å². The highest BCUT2D eigenvalue weighted by Gasteiger charge is 2.32. The van der Waals surface area contributed by atoms with Crippen LogP contribution in [-0.2, 0) is 16.1 Å². The molecule has 2 aromatic rings. The second-order valence-corrected chi connectivity index (χ2v) is 8.67. The molecular weight excluding hydrogens is 407 g/mol. The summed E-state index contributed by atoms with van der Waals surface area (Å²) < 4.78 is 7.91. The van der Waals surface area contributed by atoms with Gasteiger partial charge in [-0.15, -0.1) is 10.2 Å². The summed E-state index contributed by atoms with van der Waals surface area (Å²) in [6, 6.07) is 4.96. The van der Waals surface area contributed by atoms with Gasteiger partial charge in [-0.25, -0.2) is 0 Å². The van der Waals surface area contributed by atoms with E-state index in [0.717, 1.165) is 49.8 Å². The molecule has 1 saturated heterocycles. The number of benzene rings is 1. The van der Waals surface area contributed by atoms with Crippen LogP contribution >= 0.6 is 35.0 Å². The Balaban J connectivity index is 1.40. The number of nitrogens with zero attached hydrogens (tertiary/aromatic N) is 3. The Morgan fingerprint density at radius 2 is 2.00 bits per heavy atom. The van der Waals surface area contributed by atoms with Crippen molar-refractivity contribution in [2.75, 3.05) is 17.7 Å². The van der Waals surface area contributed by atoms with E-state index in [9.17, 15) is 4.79 Å². The number of ether oxygens (including phenoxy) is 1. The highest BCUT2D eigenvalue weighted by atomic mass is 35.5. The summed E-state index contributed by atoms with van der Waals surface area (Å²) in [5.74, 6) is 1.61. The molecule has 1 saturated carbocycles. The minimum atomic E-state index is -0.141. The molecule has 0 radical (unpaired) electrons. The fourth-order valence-electron chi connectivity index (χ4n) is 3.17. The molecule has 4 rings (SSSR count). The van der Waals surface area contributed by atoms with Gasteiger partial charge in [0.1, 0.15) is 5.82 Å². The van der Waals surface area contributed by atoms with Gasteiger partial charge in [-0.05, 0) is 43.9 Å². The fourth-order valence-corrected chi connectivity index (χ4v) is 4.45. The number of carbonyl (C=O) groups excluding carboxylic acids is 1. The summed E-state index contributed by atoms with van der Waals surface area (Å²) >= 11 is 13.3. The van der Waals surface area contributed by atoms with Gasteiger partial charge >= 0.3 is 0 Å². The molecule has 0 bridgehead atoms. The quantitative estimate of drug-likeness (QED) is 0.665. The minimum absolute atomic E-state index is 0.141. The molecule has 1 aromatic heterocycles. The molecule has 2 fully saturated rings. The molecule has 144 valence electrons. The lowest BCUT2D eigenvalue weighted by atomic mass is 10.2. The average molecular weight is 427 g/mol. The summed E-state index contributed by atoms with van der Waals surface area (Å²) in [6.07, 6.45) is 4.68. The topological polar surface area (TPSA) is 69.0 Å². The lowest BCUT2D eigenvalue weighted by Crippen LogP contribution is -2.19. The average Bonchev–Trinajstić information content (AvgIpc) is 3.17. The number of thioether (sulfide) groups is 1. The van der Waals surface area contributed by atoms with E-state index in [2.05, 4.69) is 20.1 Å². The Morgan fingerprint density at radius 3 is 2.67 bits per heavy atom. The minimum Gasteiger partial charge on any atom is -0.376 e. The molecule has 6 nitrogen and oxygen atoms in total. The smallest absolute Gasteiger partial charge is 0.234 e. The summed E-state index contributed by atoms with van der Waals surface area (Å²) in [5, 5.41) is 13.3. The standard InChI is InChI=1S/C18H20Cl2N4O2S/c19-12-6-13(20)8-14(7-12)21-16(25)10-27-18-23-22-17(11-3-4-11)24(18)9-15-2-1-5-26-15/h6-8,11,15H,1-5,9-10H2,(H,21,25). The van der Waals surface area contributed by atoms with Crippen LogP contribution < -0.4 is 5.32 Å². The Kier molecular flexibility index (Phi) is 5.92. The molecule has 0 spiro atoms. The maximum absolute atomic E-state index is 12.3. The van der Waals surface area contributed by atoms with Crippen molar-refractivity contribution in [2.24, 2.45) is 0 Å². The van der Waals surface area contributed by atoms with Crippen LogP contribution in [0.25, 0.3) is 0 Å². The van der Waals surface area contributed by atoms with Crippen LogP contribution in [-0.4, -0.2) is 39.1 Å². The molecule has 27 heavy (non-hydrogen) atoms. The molecule has 1 N–H and O–H groups in total. The number of hydrogen-bond acceptors (Lipinski definition) is 5. The molecule has 1 aromatic carbocycles. The summed E-state index contributed by atoms with van der Waals surface area (Å²) in [4.78, 5) is 12.3. The third-order valence-corrected chi connectivity index (χ3v) is 5.98. The molecule has 1 atom stereocenters. The SMILES string of the molecule is O=C(CSc1nnc(C2CC2)n1CC1CCCO1)Nc1cc(Cl)cc(Cl)c1. The predicted octanol–water partition coefficient (Wildman–Crippen LogP) is 4.37. The van der Waals surface area contributed by atoms with Crippen LogP contribution in [0, 0.1) is 0 Å². The fraction of sp³-hybridized carbons (Fsp3) is 0.500. The van der Waals surface area contributed by atoms with Crippen molar-refractivity contribution >= 4 is 46.6 Å². The van der Waals surface area contributed by atoms with Gasteiger partial charge in [-0.3, -0.25) is 4.79 Å². The highest BCUT2D eigenvalue weighted by Crippen LogP contribution is 2.40. The summed E-state index contributed by atoms with van der Waals surface area (Å²) in [5.41, 5.74) is 0.581. The molecule has 1 aliphatic heterocycles. The van der Waals surface area contributed by atoms with Gasteiger partial charge < -0.3 is 14.6 Å². The maximum Gasteiger partial charge on any atom is 0.234 e. The Labute approximate surface area is 172 Å². The Hall–Kier alpha value is -1.28. The number of aromatic nitrogens is 3. The molecule has 1 amide bonds. The zero-order chi connectivity index (χ0) is 18.8. The summed E-state index contributed by atoms with van der Waals surface area (Å²) in [6.45, 7) is 1.57. The van der Waals surface area contributed by atoms with Crippen molar-refractivity contribution in [1.29, 1.82) is 0 Å². The van der Waals surface area contributed by atoms with Gasteiger partial charge in [0.25, 0.3) is 0 Å². The van der Waals surface area contributed by atoms with E-state index in [1.54, 1.807) is 18.2 Å². The first kappa shape index (κ1) is 19.1. The lowest BCUT2D eigenvalue weighted by molar-refractivity contribution is -0.113. The molecular formula is C18H20Cl2N4O2S. The molecule has 2 aliphatic rings. The third-order valence-electron chi connectivity index (χ3n) is 4.58. The van der Waals surface area contributed by atoms with Crippen molar-refractivity contribution in [3.05, 3.63) is 34.1 Å². The first-order valence-corrected chi connectivity index (χ1v) is 10.8. The predicted molar refractivity (Wildman–Crippen MR) is 107 cm³/mol. The van der Waals surface area contributed by atoms with Crippen molar-refractivity contribution in [2.45, 2.75) is 49.4 Å². The van der Waals surface area contributed by atoms with Crippen LogP contribution in [0.2, 0.25) is 10.0 Å². The molecule has 1 aliphatic carbocycles. The number of hydrogen-bond donors (Lipinski definition) is 1. The highest BCUT2D eigenvalue weighted by molar-refractivity contribution is 7.99. The Morgan fingerprint density at radius 1 is 1.22 bits per heavy atom. The number of rotatable bonds is 7. The van der Waals surface area contributed by atoms with E-state index in [1.807, 2.05) is 0 Å². The van der Waals surface area contributed by atoms with Gasteiger partial charge in [-0.1, -0.05) is 35.0 Å². The van der Waals surface area contributed by atoms with Crippen LogP contribution in [0.4, 0.5) is 5.69 Å². The normalized spacial score (nSPS) is 19.4. The van der Waals surface area contributed by atoms with Gasteiger partial charge in [0, 0.05) is 28.3 Å². The van der Waals surface area contributed by atoms with E-state index < -0.39 is 0 Å². The van der Waals surface area contributed by atoms with E-state index >= 15 is 0 Å². The van der Waals surface area contributed by atoms with E-state index in [1.165, 1.54) is 11.8 Å². The number of nitrogens with one attached hydrogen (secondary N) is 1. The van der Waals surface area contributed by atoms with Crippen molar-refractivity contribution < 1.29 is 9.53 Å². The maximum atomic E-state index is 12.3. The first-order valence-electron chi connectivity index (χ1n) is 9.02. The number of halogens is 2. The van der Waals surface area contributed by atoms with Gasteiger partial charge in [0.2, 0.25) is 5.91 Å². The van der Waals surface area contributed by atoms with Crippen molar-refractivity contribution in [1.82, 2.24) is 14.8 Å². The second kappa shape index (κ2) is 8.39. The van der Waals surface area contributed by atoms with E-state index in [-0.39, 0.29) is 17.8 Å². The van der Waals surface area contributed by atoms with Crippen LogP contribution in [0.15, 0.2) is 23.4 Å². The number of amides is 1. The number of anilines is 1. The van der Waals surface area contributed by atoms with E-state index in [0.29, 0.717) is 21.7 Å².